The second-order valence-electron chi connectivity index (χ2n) is 6.28. The number of para-hydroxylation sites is 1. The van der Waals surface area contributed by atoms with Crippen molar-refractivity contribution in [3.63, 3.8) is 0 Å². The molecule has 1 aliphatic carbocycles. The molecule has 0 aliphatic heterocycles. The van der Waals surface area contributed by atoms with E-state index in [9.17, 15) is 0 Å². The number of rotatable bonds is 4. The molecule has 122 valence electrons. The van der Waals surface area contributed by atoms with Crippen LogP contribution in [0.3, 0.4) is 0 Å². The molecule has 0 saturated carbocycles. The van der Waals surface area contributed by atoms with E-state index in [0.29, 0.717) is 0 Å². The van der Waals surface area contributed by atoms with Crippen LogP contribution in [-0.4, -0.2) is 0 Å². The first-order chi connectivity index (χ1) is 12.4. The Morgan fingerprint density at radius 1 is 0.560 bits per heavy atom. The average molecular weight is 323 g/mol. The number of allylic oxidation sites excluding steroid dienone is 4. The summed E-state index contributed by atoms with van der Waals surface area (Å²) in [5.41, 5.74) is 7.31. The number of anilines is 2. The number of hydrogen-bond donors (Lipinski definition) is 1. The van der Waals surface area contributed by atoms with Gasteiger partial charge in [-0.15, -0.1) is 0 Å². The van der Waals surface area contributed by atoms with Gasteiger partial charge in [0.25, 0.3) is 0 Å². The maximum atomic E-state index is 3.42. The maximum Gasteiger partial charge on any atom is 0.0384 e. The van der Waals surface area contributed by atoms with E-state index in [1.54, 1.807) is 0 Å². The lowest BCUT2D eigenvalue weighted by Crippen LogP contribution is -1.89. The van der Waals surface area contributed by atoms with Crippen molar-refractivity contribution in [2.24, 2.45) is 0 Å². The summed E-state index contributed by atoms with van der Waals surface area (Å²) in [6, 6.07) is 27.7. The summed E-state index contributed by atoms with van der Waals surface area (Å²) in [6.07, 6.45) is 9.09. The smallest absolute Gasteiger partial charge is 0.0384 e. The van der Waals surface area contributed by atoms with Crippen LogP contribution in [0.5, 0.6) is 0 Å². The molecular weight excluding hydrogens is 302 g/mol. The van der Waals surface area contributed by atoms with Crippen molar-refractivity contribution in [2.45, 2.75) is 12.8 Å². The number of nitrogens with one attached hydrogen (secondary N) is 1. The molecule has 1 N–H and O–H groups in total. The van der Waals surface area contributed by atoms with E-state index < -0.39 is 0 Å². The van der Waals surface area contributed by atoms with Crippen molar-refractivity contribution in [1.29, 1.82) is 0 Å². The summed E-state index contributed by atoms with van der Waals surface area (Å²) >= 11 is 0. The zero-order chi connectivity index (χ0) is 16.9. The van der Waals surface area contributed by atoms with E-state index in [-0.39, 0.29) is 0 Å². The third-order valence-corrected chi connectivity index (χ3v) is 4.49. The van der Waals surface area contributed by atoms with Gasteiger partial charge >= 0.3 is 0 Å². The van der Waals surface area contributed by atoms with Crippen LogP contribution in [0.4, 0.5) is 11.4 Å². The second kappa shape index (κ2) is 7.23. The first-order valence-corrected chi connectivity index (χ1v) is 8.78. The molecule has 0 saturated heterocycles. The van der Waals surface area contributed by atoms with Gasteiger partial charge in [-0.05, 0) is 59.4 Å². The highest BCUT2D eigenvalue weighted by atomic mass is 14.9. The predicted molar refractivity (Wildman–Crippen MR) is 108 cm³/mol. The van der Waals surface area contributed by atoms with Crippen molar-refractivity contribution in [3.05, 3.63) is 103 Å². The molecule has 0 heterocycles. The van der Waals surface area contributed by atoms with E-state index >= 15 is 0 Å². The SMILES string of the molecule is C1=CC(c2ccc(-c3ccc(Nc4ccccc4)cc3)cc2)=CCC1. The van der Waals surface area contributed by atoms with E-state index in [2.05, 4.69) is 84.2 Å². The fourth-order valence-corrected chi connectivity index (χ4v) is 3.12. The highest BCUT2D eigenvalue weighted by Gasteiger charge is 2.03. The lowest BCUT2D eigenvalue weighted by Gasteiger charge is -2.10. The third-order valence-electron chi connectivity index (χ3n) is 4.49. The van der Waals surface area contributed by atoms with E-state index in [4.69, 9.17) is 0 Å². The van der Waals surface area contributed by atoms with E-state index in [1.165, 1.54) is 22.3 Å². The first-order valence-electron chi connectivity index (χ1n) is 8.78. The van der Waals surface area contributed by atoms with Gasteiger partial charge in [-0.2, -0.15) is 0 Å². The second-order valence-corrected chi connectivity index (χ2v) is 6.28. The van der Waals surface area contributed by atoms with Crippen molar-refractivity contribution in [2.75, 3.05) is 5.32 Å². The minimum atomic E-state index is 1.10. The van der Waals surface area contributed by atoms with Gasteiger partial charge in [0.05, 0.1) is 0 Å². The van der Waals surface area contributed by atoms with E-state index in [0.717, 1.165) is 24.2 Å². The molecule has 0 amide bonds. The molecule has 0 fully saturated rings. The lowest BCUT2D eigenvalue weighted by atomic mass is 9.97. The number of hydrogen-bond acceptors (Lipinski definition) is 1. The Morgan fingerprint density at radius 3 is 1.80 bits per heavy atom. The van der Waals surface area contributed by atoms with Gasteiger partial charge < -0.3 is 5.32 Å². The molecule has 3 aromatic carbocycles. The normalized spacial score (nSPS) is 13.4. The Hall–Kier alpha value is -3.06. The van der Waals surface area contributed by atoms with E-state index in [1.807, 2.05) is 18.2 Å². The van der Waals surface area contributed by atoms with Crippen LogP contribution in [0.25, 0.3) is 16.7 Å². The molecular formula is C24H21N. The monoisotopic (exact) mass is 323 g/mol. The van der Waals surface area contributed by atoms with Gasteiger partial charge in [0.1, 0.15) is 0 Å². The average Bonchev–Trinajstić information content (AvgIpc) is 2.70. The summed E-state index contributed by atoms with van der Waals surface area (Å²) in [6.45, 7) is 0. The van der Waals surface area contributed by atoms with Crippen molar-refractivity contribution < 1.29 is 0 Å². The van der Waals surface area contributed by atoms with Crippen LogP contribution in [0.15, 0.2) is 97.1 Å². The molecule has 1 heteroatoms. The summed E-state index contributed by atoms with van der Waals surface area (Å²) in [5, 5.41) is 3.42. The topological polar surface area (TPSA) is 12.0 Å². The molecule has 25 heavy (non-hydrogen) atoms. The van der Waals surface area contributed by atoms with Crippen LogP contribution in [-0.2, 0) is 0 Å². The van der Waals surface area contributed by atoms with Gasteiger partial charge in [-0.1, -0.05) is 72.8 Å². The van der Waals surface area contributed by atoms with Gasteiger partial charge in [0.2, 0.25) is 0 Å². The Balaban J connectivity index is 1.50. The Bertz CT molecular complexity index is 885. The zero-order valence-corrected chi connectivity index (χ0v) is 14.2. The minimum absolute atomic E-state index is 1.10. The molecule has 1 nitrogen and oxygen atoms in total. The molecule has 0 spiro atoms. The van der Waals surface area contributed by atoms with Crippen LogP contribution < -0.4 is 5.32 Å². The Morgan fingerprint density at radius 2 is 1.16 bits per heavy atom. The minimum Gasteiger partial charge on any atom is -0.356 e. The summed E-state index contributed by atoms with van der Waals surface area (Å²) in [7, 11) is 0. The largest absolute Gasteiger partial charge is 0.356 e. The molecule has 4 rings (SSSR count). The Kier molecular flexibility index (Phi) is 4.47. The fourth-order valence-electron chi connectivity index (χ4n) is 3.12. The zero-order valence-electron chi connectivity index (χ0n) is 14.2. The maximum absolute atomic E-state index is 3.42. The quantitative estimate of drug-likeness (QED) is 0.555. The highest BCUT2D eigenvalue weighted by molar-refractivity contribution is 5.77. The summed E-state index contributed by atoms with van der Waals surface area (Å²) in [5.74, 6) is 0. The summed E-state index contributed by atoms with van der Waals surface area (Å²) in [4.78, 5) is 0. The van der Waals surface area contributed by atoms with Gasteiger partial charge in [-0.25, -0.2) is 0 Å². The third kappa shape index (κ3) is 3.72. The van der Waals surface area contributed by atoms with Crippen LogP contribution in [0, 0.1) is 0 Å². The van der Waals surface area contributed by atoms with Gasteiger partial charge in [-0.3, -0.25) is 0 Å². The van der Waals surface area contributed by atoms with Crippen LogP contribution in [0.2, 0.25) is 0 Å². The van der Waals surface area contributed by atoms with Gasteiger partial charge in [0, 0.05) is 11.4 Å². The Labute approximate surface area is 149 Å². The molecule has 0 radical (unpaired) electrons. The van der Waals surface area contributed by atoms with Crippen molar-refractivity contribution in [1.82, 2.24) is 0 Å². The molecule has 0 unspecified atom stereocenters. The molecule has 1 aliphatic rings. The molecule has 0 atom stereocenters. The van der Waals surface area contributed by atoms with Crippen molar-refractivity contribution in [3.8, 4) is 11.1 Å². The first kappa shape index (κ1) is 15.5. The predicted octanol–water partition coefficient (Wildman–Crippen LogP) is 6.83. The fraction of sp³-hybridized carbons (Fsp3) is 0.0833. The number of benzene rings is 3. The molecule has 0 aromatic heterocycles. The summed E-state index contributed by atoms with van der Waals surface area (Å²) < 4.78 is 0. The van der Waals surface area contributed by atoms with Crippen LogP contribution >= 0.6 is 0 Å². The van der Waals surface area contributed by atoms with Crippen LogP contribution in [0.1, 0.15) is 18.4 Å². The lowest BCUT2D eigenvalue weighted by molar-refractivity contribution is 1.04. The highest BCUT2D eigenvalue weighted by Crippen LogP contribution is 2.27. The standard InChI is InChI=1S/C24H21N/c1-3-7-19(8-4-1)20-11-13-21(14-12-20)22-15-17-24(18-16-22)25-23-9-5-2-6-10-23/h2-3,5-18,25H,1,4H2. The molecule has 3 aromatic rings. The molecule has 0 bridgehead atoms. The van der Waals surface area contributed by atoms with Crippen molar-refractivity contribution >= 4 is 16.9 Å². The van der Waals surface area contributed by atoms with Gasteiger partial charge in [0.15, 0.2) is 0 Å².